The molecule has 4 heteroatoms. The van der Waals surface area contributed by atoms with Gasteiger partial charge in [0.25, 0.3) is 0 Å². The molecule has 1 heterocycles. The number of rotatable bonds is 2. The van der Waals surface area contributed by atoms with E-state index >= 15 is 0 Å². The third-order valence-corrected chi connectivity index (χ3v) is 1.51. The first-order chi connectivity index (χ1) is 3.79. The molecule has 1 saturated heterocycles. The maximum absolute atomic E-state index is 3.34. The highest BCUT2D eigenvalue weighted by Crippen LogP contribution is 2.01. The molecule has 0 unspecified atom stereocenters. The molecular weight excluding hydrogens is 171 g/mol. The first kappa shape index (κ1) is 13.1. The van der Waals surface area contributed by atoms with Gasteiger partial charge in [0.1, 0.15) is 0 Å². The smallest absolute Gasteiger partial charge is 0.0206 e. The monoisotopic (exact) mass is 186 g/mol. The summed E-state index contributed by atoms with van der Waals surface area (Å²) in [6.45, 7) is 2.42. The van der Waals surface area contributed by atoms with Gasteiger partial charge in [-0.15, -0.1) is 24.8 Å². The van der Waals surface area contributed by atoms with Crippen LogP contribution in [0, 0.1) is 0 Å². The van der Waals surface area contributed by atoms with E-state index < -0.39 is 0 Å². The fraction of sp³-hybridized carbons (Fsp3) is 1.00. The summed E-state index contributed by atoms with van der Waals surface area (Å²) < 4.78 is 0. The summed E-state index contributed by atoms with van der Waals surface area (Å²) in [6.07, 6.45) is 1.36. The van der Waals surface area contributed by atoms with E-state index in [-0.39, 0.29) is 24.8 Å². The zero-order valence-electron chi connectivity index (χ0n) is 6.46. The van der Waals surface area contributed by atoms with Gasteiger partial charge in [-0.1, -0.05) is 0 Å². The van der Waals surface area contributed by atoms with Crippen LogP contribution in [-0.2, 0) is 0 Å². The predicted molar refractivity (Wildman–Crippen MR) is 49.5 cm³/mol. The molecule has 64 valence electrons. The molecule has 0 amide bonds. The van der Waals surface area contributed by atoms with Crippen LogP contribution in [0.2, 0.25) is 0 Å². The van der Waals surface area contributed by atoms with E-state index in [0.717, 1.165) is 6.04 Å². The van der Waals surface area contributed by atoms with Crippen molar-refractivity contribution in [1.82, 2.24) is 10.2 Å². The minimum atomic E-state index is 0. The van der Waals surface area contributed by atoms with Crippen molar-refractivity contribution in [2.75, 3.05) is 27.2 Å². The van der Waals surface area contributed by atoms with Crippen LogP contribution >= 0.6 is 24.8 Å². The average molecular weight is 187 g/mol. The van der Waals surface area contributed by atoms with Crippen molar-refractivity contribution in [3.63, 3.8) is 0 Å². The van der Waals surface area contributed by atoms with Gasteiger partial charge in [-0.3, -0.25) is 0 Å². The van der Waals surface area contributed by atoms with Crippen LogP contribution in [0.4, 0.5) is 0 Å². The number of hydrogen-bond donors (Lipinski definition) is 1. The second-order valence-corrected chi connectivity index (χ2v) is 2.70. The van der Waals surface area contributed by atoms with Gasteiger partial charge in [-0.25, -0.2) is 0 Å². The minimum absolute atomic E-state index is 0. The Morgan fingerprint density at radius 3 is 2.00 bits per heavy atom. The largest absolute Gasteiger partial charge is 0.313 e. The summed E-state index contributed by atoms with van der Waals surface area (Å²) in [5.74, 6) is 0. The van der Waals surface area contributed by atoms with Crippen molar-refractivity contribution < 1.29 is 0 Å². The van der Waals surface area contributed by atoms with Crippen molar-refractivity contribution in [3.05, 3.63) is 0 Å². The SMILES string of the molecule is CN(C)C[C@H]1CCN1.Cl.Cl. The van der Waals surface area contributed by atoms with Crippen LogP contribution in [0.1, 0.15) is 6.42 Å². The molecule has 2 nitrogen and oxygen atoms in total. The normalized spacial score (nSPS) is 22.5. The molecule has 0 aromatic carbocycles. The molecule has 0 bridgehead atoms. The third-order valence-electron chi connectivity index (χ3n) is 1.51. The highest BCUT2D eigenvalue weighted by atomic mass is 35.5. The predicted octanol–water partition coefficient (Wildman–Crippen LogP) is 0.753. The summed E-state index contributed by atoms with van der Waals surface area (Å²) in [6, 6.07) is 0.782. The third kappa shape index (κ3) is 4.34. The summed E-state index contributed by atoms with van der Waals surface area (Å²) >= 11 is 0. The van der Waals surface area contributed by atoms with Crippen LogP contribution < -0.4 is 5.32 Å². The van der Waals surface area contributed by atoms with Gasteiger partial charge in [-0.05, 0) is 27.1 Å². The molecule has 0 saturated carbocycles. The lowest BCUT2D eigenvalue weighted by atomic mass is 10.1. The fourth-order valence-corrected chi connectivity index (χ4v) is 0.945. The molecule has 0 aromatic heterocycles. The highest BCUT2D eigenvalue weighted by molar-refractivity contribution is 5.85. The topological polar surface area (TPSA) is 15.3 Å². The molecule has 10 heavy (non-hydrogen) atoms. The van der Waals surface area contributed by atoms with Gasteiger partial charge in [0.15, 0.2) is 0 Å². The Morgan fingerprint density at radius 2 is 1.90 bits per heavy atom. The van der Waals surface area contributed by atoms with Crippen molar-refractivity contribution in [1.29, 1.82) is 0 Å². The lowest BCUT2D eigenvalue weighted by molar-refractivity contribution is 0.273. The van der Waals surface area contributed by atoms with Gasteiger partial charge in [0.05, 0.1) is 0 Å². The van der Waals surface area contributed by atoms with E-state index in [1.165, 1.54) is 19.5 Å². The Morgan fingerprint density at radius 1 is 1.40 bits per heavy atom. The van der Waals surface area contributed by atoms with Gasteiger partial charge >= 0.3 is 0 Å². The van der Waals surface area contributed by atoms with Crippen LogP contribution in [0.3, 0.4) is 0 Å². The Balaban J connectivity index is 0. The zero-order valence-corrected chi connectivity index (χ0v) is 8.10. The Hall–Kier alpha value is 0.500. The molecular formula is C6H16Cl2N2. The quantitative estimate of drug-likeness (QED) is 0.686. The molecule has 1 aliphatic heterocycles. The van der Waals surface area contributed by atoms with Gasteiger partial charge in [0.2, 0.25) is 0 Å². The number of halogens is 2. The first-order valence-corrected chi connectivity index (χ1v) is 3.17. The van der Waals surface area contributed by atoms with Gasteiger partial charge < -0.3 is 10.2 Å². The van der Waals surface area contributed by atoms with Crippen LogP contribution in [0.25, 0.3) is 0 Å². The van der Waals surface area contributed by atoms with Crippen molar-refractivity contribution in [2.24, 2.45) is 0 Å². The fourth-order valence-electron chi connectivity index (χ4n) is 0.945. The summed E-state index contributed by atoms with van der Waals surface area (Å²) in [5, 5.41) is 3.34. The molecule has 0 aromatic rings. The number of hydrogen-bond acceptors (Lipinski definition) is 2. The van der Waals surface area contributed by atoms with Crippen molar-refractivity contribution in [2.45, 2.75) is 12.5 Å². The molecule has 1 N–H and O–H groups in total. The van der Waals surface area contributed by atoms with E-state index in [2.05, 4.69) is 24.3 Å². The van der Waals surface area contributed by atoms with E-state index in [9.17, 15) is 0 Å². The van der Waals surface area contributed by atoms with E-state index in [4.69, 9.17) is 0 Å². The van der Waals surface area contributed by atoms with E-state index in [1.54, 1.807) is 0 Å². The Labute approximate surface area is 75.2 Å². The number of nitrogens with zero attached hydrogens (tertiary/aromatic N) is 1. The summed E-state index contributed by atoms with van der Waals surface area (Å²) in [5.41, 5.74) is 0. The maximum atomic E-state index is 3.34. The van der Waals surface area contributed by atoms with E-state index in [0.29, 0.717) is 0 Å². The minimum Gasteiger partial charge on any atom is -0.313 e. The number of nitrogens with one attached hydrogen (secondary N) is 1. The molecule has 1 rings (SSSR count). The Bertz CT molecular complexity index is 74.1. The number of likely N-dealkylation sites (N-methyl/N-ethyl adjacent to an activating group) is 1. The van der Waals surface area contributed by atoms with E-state index in [1.807, 2.05) is 0 Å². The van der Waals surface area contributed by atoms with Gasteiger partial charge in [0, 0.05) is 12.6 Å². The summed E-state index contributed by atoms with van der Waals surface area (Å²) in [4.78, 5) is 2.22. The lowest BCUT2D eigenvalue weighted by Crippen LogP contribution is -2.48. The molecule has 0 spiro atoms. The zero-order chi connectivity index (χ0) is 5.98. The molecule has 0 radical (unpaired) electrons. The standard InChI is InChI=1S/C6H14N2.2ClH/c1-8(2)5-6-3-4-7-6;;/h6-7H,3-5H2,1-2H3;2*1H/t6-;;/m1../s1. The second-order valence-electron chi connectivity index (χ2n) is 2.70. The van der Waals surface area contributed by atoms with Crippen molar-refractivity contribution >= 4 is 24.8 Å². The van der Waals surface area contributed by atoms with Crippen LogP contribution in [0.15, 0.2) is 0 Å². The Kier molecular flexibility index (Phi) is 8.17. The van der Waals surface area contributed by atoms with Crippen LogP contribution in [0.5, 0.6) is 0 Å². The molecule has 1 fully saturated rings. The molecule has 1 aliphatic rings. The molecule has 1 atom stereocenters. The maximum Gasteiger partial charge on any atom is 0.0206 e. The lowest BCUT2D eigenvalue weighted by Gasteiger charge is -2.29. The van der Waals surface area contributed by atoms with Gasteiger partial charge in [-0.2, -0.15) is 0 Å². The average Bonchev–Trinajstić information content (AvgIpc) is 1.55. The first-order valence-electron chi connectivity index (χ1n) is 3.17. The molecule has 0 aliphatic carbocycles. The van der Waals surface area contributed by atoms with Crippen LogP contribution in [-0.4, -0.2) is 38.1 Å². The van der Waals surface area contributed by atoms with Crippen molar-refractivity contribution in [3.8, 4) is 0 Å². The summed E-state index contributed by atoms with van der Waals surface area (Å²) in [7, 11) is 4.22. The highest BCUT2D eigenvalue weighted by Gasteiger charge is 2.15. The second kappa shape index (κ2) is 6.23.